The van der Waals surface area contributed by atoms with E-state index >= 15 is 0 Å². The number of nitrogens with zero attached hydrogens (tertiary/aromatic N) is 4. The van der Waals surface area contributed by atoms with Gasteiger partial charge in [0, 0.05) is 48.6 Å². The van der Waals surface area contributed by atoms with Gasteiger partial charge in [0.2, 0.25) is 5.91 Å². The van der Waals surface area contributed by atoms with Gasteiger partial charge in [-0.1, -0.05) is 41.9 Å². The molecule has 0 saturated carbocycles. The molecule has 0 spiro atoms. The smallest absolute Gasteiger partial charge is 0.242 e. The van der Waals surface area contributed by atoms with Gasteiger partial charge in [0.25, 0.3) is 0 Å². The molecule has 2 saturated heterocycles. The predicted molar refractivity (Wildman–Crippen MR) is 136 cm³/mol. The topological polar surface area (TPSA) is 59.8 Å². The van der Waals surface area contributed by atoms with Crippen LogP contribution in [0.25, 0.3) is 0 Å². The third kappa shape index (κ3) is 5.86. The van der Waals surface area contributed by atoms with Crippen LogP contribution in [0.1, 0.15) is 29.7 Å². The van der Waals surface area contributed by atoms with Crippen molar-refractivity contribution in [1.82, 2.24) is 14.7 Å². The third-order valence-electron chi connectivity index (χ3n) is 6.61. The molecule has 0 N–H and O–H groups in total. The Morgan fingerprint density at radius 1 is 1.14 bits per heavy atom. The summed E-state index contributed by atoms with van der Waals surface area (Å²) in [6, 6.07) is 17.7. The monoisotopic (exact) mass is 494 g/mol. The van der Waals surface area contributed by atoms with E-state index in [4.69, 9.17) is 26.2 Å². The Morgan fingerprint density at radius 2 is 2.00 bits per heavy atom. The van der Waals surface area contributed by atoms with Crippen molar-refractivity contribution in [2.45, 2.75) is 39.0 Å². The Hall–Kier alpha value is -2.87. The molecule has 7 nitrogen and oxygen atoms in total. The van der Waals surface area contributed by atoms with Gasteiger partial charge in [0.15, 0.2) is 5.82 Å². The highest BCUT2D eigenvalue weighted by molar-refractivity contribution is 6.30. The number of rotatable bonds is 8. The number of anilines is 1. The van der Waals surface area contributed by atoms with Crippen LogP contribution in [0.3, 0.4) is 0 Å². The van der Waals surface area contributed by atoms with E-state index in [9.17, 15) is 4.79 Å². The molecule has 2 aliphatic rings. The maximum atomic E-state index is 12.9. The van der Waals surface area contributed by atoms with E-state index in [1.165, 1.54) is 0 Å². The molecule has 1 unspecified atom stereocenters. The molecule has 0 bridgehead atoms. The van der Waals surface area contributed by atoms with Gasteiger partial charge in [-0.25, -0.2) is 0 Å². The van der Waals surface area contributed by atoms with Gasteiger partial charge in [-0.15, -0.1) is 0 Å². The number of amides is 1. The van der Waals surface area contributed by atoms with Crippen molar-refractivity contribution in [2.24, 2.45) is 0 Å². The second-order valence-corrected chi connectivity index (χ2v) is 9.68. The zero-order valence-corrected chi connectivity index (χ0v) is 20.8. The normalized spacial score (nSPS) is 18.9. The molecule has 1 amide bonds. The molecule has 3 aromatic rings. The fourth-order valence-corrected chi connectivity index (χ4v) is 4.88. The highest BCUT2D eigenvalue weighted by Gasteiger charge is 2.29. The number of hydrogen-bond donors (Lipinski definition) is 0. The average molecular weight is 495 g/mol. The minimum atomic E-state index is 0.0773. The molecule has 2 aliphatic heterocycles. The number of piperazine rings is 1. The van der Waals surface area contributed by atoms with Gasteiger partial charge >= 0.3 is 0 Å². The van der Waals surface area contributed by atoms with Gasteiger partial charge in [0.05, 0.1) is 19.2 Å². The quantitative estimate of drug-likeness (QED) is 0.467. The van der Waals surface area contributed by atoms with Gasteiger partial charge < -0.3 is 9.47 Å². The highest BCUT2D eigenvalue weighted by atomic mass is 35.5. The zero-order valence-electron chi connectivity index (χ0n) is 20.0. The molecule has 0 aliphatic carbocycles. The summed E-state index contributed by atoms with van der Waals surface area (Å²) >= 11 is 6.31. The van der Waals surface area contributed by atoms with Crippen molar-refractivity contribution in [1.29, 1.82) is 0 Å². The van der Waals surface area contributed by atoms with E-state index in [2.05, 4.69) is 4.90 Å². The molecular formula is C27H31ClN4O3. The first-order valence-electron chi connectivity index (χ1n) is 12.2. The van der Waals surface area contributed by atoms with E-state index in [0.29, 0.717) is 37.1 Å². The number of ether oxygens (including phenoxy) is 2. The molecule has 8 heteroatoms. The molecule has 1 aromatic heterocycles. The lowest BCUT2D eigenvalue weighted by Crippen LogP contribution is -2.52. The number of benzene rings is 2. The molecule has 2 fully saturated rings. The molecule has 35 heavy (non-hydrogen) atoms. The molecule has 2 aromatic carbocycles. The first-order chi connectivity index (χ1) is 17.0. The van der Waals surface area contributed by atoms with Gasteiger partial charge in [0.1, 0.15) is 12.4 Å². The van der Waals surface area contributed by atoms with E-state index in [-0.39, 0.29) is 12.0 Å². The summed E-state index contributed by atoms with van der Waals surface area (Å²) in [6.07, 6.45) is 2.45. The number of carbonyl (C=O) groups excluding carboxylic acids is 1. The van der Waals surface area contributed by atoms with Crippen LogP contribution in [0.15, 0.2) is 54.6 Å². The number of aryl methyl sites for hydroxylation is 1. The predicted octanol–water partition coefficient (Wildman–Crippen LogP) is 4.30. The summed E-state index contributed by atoms with van der Waals surface area (Å²) in [6.45, 7) is 6.50. The largest absolute Gasteiger partial charge is 0.489 e. The molecule has 5 rings (SSSR count). The first kappa shape index (κ1) is 23.9. The fraction of sp³-hybridized carbons (Fsp3) is 0.407. The van der Waals surface area contributed by atoms with Crippen LogP contribution in [0.2, 0.25) is 5.02 Å². The summed E-state index contributed by atoms with van der Waals surface area (Å²) in [5.74, 6) is 1.54. The highest BCUT2D eigenvalue weighted by Crippen LogP contribution is 2.26. The summed E-state index contributed by atoms with van der Waals surface area (Å²) in [5.41, 5.74) is 3.02. The second kappa shape index (κ2) is 10.8. The summed E-state index contributed by atoms with van der Waals surface area (Å²) < 4.78 is 13.8. The van der Waals surface area contributed by atoms with Crippen molar-refractivity contribution >= 4 is 23.3 Å². The maximum Gasteiger partial charge on any atom is 0.242 e. The number of aromatic nitrogens is 2. The third-order valence-corrected chi connectivity index (χ3v) is 6.85. The van der Waals surface area contributed by atoms with E-state index < -0.39 is 0 Å². The van der Waals surface area contributed by atoms with Crippen LogP contribution in [-0.2, 0) is 22.7 Å². The van der Waals surface area contributed by atoms with E-state index in [0.717, 1.165) is 55.1 Å². The molecular weight excluding hydrogens is 464 g/mol. The second-order valence-electron chi connectivity index (χ2n) is 9.24. The first-order valence-corrected chi connectivity index (χ1v) is 12.6. The van der Waals surface area contributed by atoms with Crippen molar-refractivity contribution in [3.63, 3.8) is 0 Å². The average Bonchev–Trinajstić information content (AvgIpc) is 3.49. The van der Waals surface area contributed by atoms with Crippen molar-refractivity contribution < 1.29 is 14.3 Å². The number of hydrogen-bond acceptors (Lipinski definition) is 5. The zero-order chi connectivity index (χ0) is 24.2. The van der Waals surface area contributed by atoms with E-state index in [1.54, 1.807) is 4.90 Å². The lowest BCUT2D eigenvalue weighted by Gasteiger charge is -2.34. The van der Waals surface area contributed by atoms with Crippen LogP contribution in [0.5, 0.6) is 5.75 Å². The summed E-state index contributed by atoms with van der Waals surface area (Å²) in [5, 5.41) is 5.42. The summed E-state index contributed by atoms with van der Waals surface area (Å²) in [4.78, 5) is 16.9. The fourth-order valence-electron chi connectivity index (χ4n) is 4.69. The van der Waals surface area contributed by atoms with Gasteiger partial charge in [-0.05, 0) is 43.5 Å². The summed E-state index contributed by atoms with van der Waals surface area (Å²) in [7, 11) is 0. The lowest BCUT2D eigenvalue weighted by atomic mass is 10.2. The SMILES string of the molecule is Cc1cc(N2CCN(CC3CCCO3)CC2=O)nn1Cc1cc(Cl)ccc1OCc1ccccc1. The number of carbonyl (C=O) groups is 1. The van der Waals surface area contributed by atoms with Crippen LogP contribution < -0.4 is 9.64 Å². The molecule has 0 radical (unpaired) electrons. The van der Waals surface area contributed by atoms with Crippen LogP contribution in [0, 0.1) is 6.92 Å². The standard InChI is InChI=1S/C27H31ClN4O3/c1-20-14-26(31-12-11-30(18-27(31)33)17-24-8-5-13-34-24)29-32(20)16-22-15-23(28)9-10-25(22)35-19-21-6-3-2-4-7-21/h2-4,6-7,9-10,14-15,24H,5,8,11-13,16-19H2,1H3. The Balaban J connectivity index is 1.26. The van der Waals surface area contributed by atoms with Gasteiger partial charge in [-0.3, -0.25) is 19.3 Å². The van der Waals surface area contributed by atoms with Crippen molar-refractivity contribution in [3.05, 3.63) is 76.4 Å². The van der Waals surface area contributed by atoms with Gasteiger partial charge in [-0.2, -0.15) is 5.10 Å². The Morgan fingerprint density at radius 3 is 2.77 bits per heavy atom. The Labute approximate surface area is 211 Å². The van der Waals surface area contributed by atoms with Crippen LogP contribution in [0.4, 0.5) is 5.82 Å². The van der Waals surface area contributed by atoms with Crippen LogP contribution >= 0.6 is 11.6 Å². The molecule has 1 atom stereocenters. The number of halogens is 1. The Bertz CT molecular complexity index is 1160. The van der Waals surface area contributed by atoms with Crippen molar-refractivity contribution in [2.75, 3.05) is 37.7 Å². The van der Waals surface area contributed by atoms with E-state index in [1.807, 2.05) is 66.2 Å². The van der Waals surface area contributed by atoms with Crippen LogP contribution in [-0.4, -0.2) is 59.5 Å². The lowest BCUT2D eigenvalue weighted by molar-refractivity contribution is -0.121. The van der Waals surface area contributed by atoms with Crippen molar-refractivity contribution in [3.8, 4) is 5.75 Å². The minimum absolute atomic E-state index is 0.0773. The Kier molecular flexibility index (Phi) is 7.37. The molecule has 184 valence electrons. The minimum Gasteiger partial charge on any atom is -0.489 e. The maximum absolute atomic E-state index is 12.9. The molecule has 3 heterocycles.